The van der Waals surface area contributed by atoms with Crippen molar-refractivity contribution in [2.45, 2.75) is 18.3 Å². The summed E-state index contributed by atoms with van der Waals surface area (Å²) in [6.07, 6.45) is 4.41. The average molecular weight is 406 g/mol. The molecule has 1 amide bonds. The van der Waals surface area contributed by atoms with Crippen LogP contribution in [0.25, 0.3) is 11.1 Å². The molecular weight excluding hydrogens is 384 g/mol. The quantitative estimate of drug-likeness (QED) is 0.458. The molecule has 1 aliphatic rings. The SMILES string of the molecule is NC(=O)c1ccnc(Nc2ccc(-c3ccccc3)cn2)c1[C@H]1CC1c1ccccc1. The van der Waals surface area contributed by atoms with Gasteiger partial charge in [0, 0.05) is 29.1 Å². The lowest BCUT2D eigenvalue weighted by atomic mass is 10.00. The van der Waals surface area contributed by atoms with Gasteiger partial charge in [0.05, 0.1) is 0 Å². The first-order chi connectivity index (χ1) is 15.2. The highest BCUT2D eigenvalue weighted by atomic mass is 16.1. The molecule has 5 heteroatoms. The fourth-order valence-corrected chi connectivity index (χ4v) is 4.14. The average Bonchev–Trinajstić information content (AvgIpc) is 3.61. The molecule has 1 fully saturated rings. The van der Waals surface area contributed by atoms with Gasteiger partial charge in [0.2, 0.25) is 5.91 Å². The summed E-state index contributed by atoms with van der Waals surface area (Å²) in [7, 11) is 0. The first-order valence-corrected chi connectivity index (χ1v) is 10.3. The van der Waals surface area contributed by atoms with Crippen LogP contribution in [0.15, 0.2) is 91.3 Å². The summed E-state index contributed by atoms with van der Waals surface area (Å²) in [5.41, 5.74) is 10.5. The molecule has 5 nitrogen and oxygen atoms in total. The number of nitrogens with zero attached hydrogens (tertiary/aromatic N) is 2. The molecule has 3 N–H and O–H groups in total. The molecule has 0 spiro atoms. The van der Waals surface area contributed by atoms with Crippen LogP contribution in [-0.4, -0.2) is 15.9 Å². The van der Waals surface area contributed by atoms with E-state index in [1.807, 2.05) is 54.7 Å². The molecule has 2 atom stereocenters. The van der Waals surface area contributed by atoms with Crippen LogP contribution in [0.4, 0.5) is 11.6 Å². The molecule has 2 aromatic heterocycles. The maximum Gasteiger partial charge on any atom is 0.249 e. The zero-order valence-electron chi connectivity index (χ0n) is 16.9. The standard InChI is InChI=1S/C26H22N4O/c27-25(31)20-13-14-28-26(24(20)22-15-21(22)18-9-5-2-6-10-18)30-23-12-11-19(16-29-23)17-7-3-1-4-8-17/h1-14,16,21-22H,15H2,(H2,27,31)(H,28,29,30)/t21?,22-/m0/s1. The summed E-state index contributed by atoms with van der Waals surface area (Å²) in [6, 6.07) is 26.1. The van der Waals surface area contributed by atoms with Crippen molar-refractivity contribution in [3.63, 3.8) is 0 Å². The van der Waals surface area contributed by atoms with E-state index in [2.05, 4.69) is 39.6 Å². The van der Waals surface area contributed by atoms with Gasteiger partial charge >= 0.3 is 0 Å². The molecule has 152 valence electrons. The van der Waals surface area contributed by atoms with Crippen molar-refractivity contribution < 1.29 is 4.79 Å². The molecule has 1 saturated carbocycles. The number of pyridine rings is 2. The van der Waals surface area contributed by atoms with Crippen LogP contribution >= 0.6 is 0 Å². The Balaban J connectivity index is 1.45. The van der Waals surface area contributed by atoms with E-state index in [1.165, 1.54) is 5.56 Å². The van der Waals surface area contributed by atoms with Crippen LogP contribution in [0.5, 0.6) is 0 Å². The monoisotopic (exact) mass is 406 g/mol. The number of rotatable bonds is 6. The van der Waals surface area contributed by atoms with E-state index >= 15 is 0 Å². The minimum absolute atomic E-state index is 0.199. The van der Waals surface area contributed by atoms with E-state index in [1.54, 1.807) is 12.3 Å². The van der Waals surface area contributed by atoms with Crippen LogP contribution in [0.2, 0.25) is 0 Å². The molecule has 0 saturated heterocycles. The maximum absolute atomic E-state index is 12.2. The molecule has 2 aromatic carbocycles. The van der Waals surface area contributed by atoms with Gasteiger partial charge in [-0.05, 0) is 47.6 Å². The summed E-state index contributed by atoms with van der Waals surface area (Å²) in [5, 5.41) is 3.31. The number of hydrogen-bond acceptors (Lipinski definition) is 4. The molecule has 1 aliphatic carbocycles. The number of nitrogens with two attached hydrogens (primary N) is 1. The molecule has 0 aliphatic heterocycles. The van der Waals surface area contributed by atoms with Gasteiger partial charge in [-0.3, -0.25) is 4.79 Å². The largest absolute Gasteiger partial charge is 0.366 e. The third-order valence-corrected chi connectivity index (χ3v) is 5.76. The molecule has 5 rings (SSSR count). The third kappa shape index (κ3) is 3.90. The Morgan fingerprint density at radius 1 is 0.839 bits per heavy atom. The van der Waals surface area contributed by atoms with E-state index in [9.17, 15) is 4.79 Å². The molecule has 0 radical (unpaired) electrons. The van der Waals surface area contributed by atoms with Crippen molar-refractivity contribution in [1.82, 2.24) is 9.97 Å². The number of amides is 1. The lowest BCUT2D eigenvalue weighted by molar-refractivity contribution is 0.0999. The highest BCUT2D eigenvalue weighted by molar-refractivity contribution is 5.96. The Morgan fingerprint density at radius 2 is 1.58 bits per heavy atom. The normalized spacial score (nSPS) is 17.2. The second-order valence-corrected chi connectivity index (χ2v) is 7.77. The van der Waals surface area contributed by atoms with Gasteiger partial charge < -0.3 is 11.1 Å². The predicted octanol–water partition coefficient (Wildman–Crippen LogP) is 5.26. The summed E-state index contributed by atoms with van der Waals surface area (Å²) >= 11 is 0. The van der Waals surface area contributed by atoms with Crippen molar-refractivity contribution in [2.24, 2.45) is 5.73 Å². The molecule has 4 aromatic rings. The maximum atomic E-state index is 12.2. The Hall–Kier alpha value is -3.99. The number of aromatic nitrogens is 2. The smallest absolute Gasteiger partial charge is 0.249 e. The van der Waals surface area contributed by atoms with Gasteiger partial charge in [0.15, 0.2) is 0 Å². The number of anilines is 2. The van der Waals surface area contributed by atoms with E-state index in [0.717, 1.165) is 23.1 Å². The number of carbonyl (C=O) groups excluding carboxylic acids is 1. The first kappa shape index (κ1) is 19.0. The van der Waals surface area contributed by atoms with Crippen molar-refractivity contribution in [3.05, 3.63) is 108 Å². The van der Waals surface area contributed by atoms with Crippen molar-refractivity contribution in [3.8, 4) is 11.1 Å². The second kappa shape index (κ2) is 8.03. The third-order valence-electron chi connectivity index (χ3n) is 5.76. The number of primary amides is 1. The fourth-order valence-electron chi connectivity index (χ4n) is 4.14. The van der Waals surface area contributed by atoms with Crippen molar-refractivity contribution >= 4 is 17.5 Å². The number of hydrogen-bond donors (Lipinski definition) is 2. The van der Waals surface area contributed by atoms with Crippen molar-refractivity contribution in [1.29, 1.82) is 0 Å². The van der Waals surface area contributed by atoms with Crippen molar-refractivity contribution in [2.75, 3.05) is 5.32 Å². The summed E-state index contributed by atoms with van der Waals surface area (Å²) < 4.78 is 0. The Kier molecular flexibility index (Phi) is 4.92. The highest BCUT2D eigenvalue weighted by Gasteiger charge is 2.43. The van der Waals surface area contributed by atoms with Gasteiger partial charge in [-0.1, -0.05) is 60.7 Å². The molecular formula is C26H22N4O. The molecule has 31 heavy (non-hydrogen) atoms. The van der Waals surface area contributed by atoms with E-state index < -0.39 is 5.91 Å². The van der Waals surface area contributed by atoms with Gasteiger partial charge in [-0.2, -0.15) is 0 Å². The molecule has 0 bridgehead atoms. The topological polar surface area (TPSA) is 80.9 Å². The molecule has 1 unspecified atom stereocenters. The van der Waals surface area contributed by atoms with Crippen LogP contribution in [0.3, 0.4) is 0 Å². The lowest BCUT2D eigenvalue weighted by Crippen LogP contribution is -2.15. The highest BCUT2D eigenvalue weighted by Crippen LogP contribution is 2.57. The Labute approximate surface area is 181 Å². The number of nitrogens with one attached hydrogen (secondary N) is 1. The van der Waals surface area contributed by atoms with E-state index in [4.69, 9.17) is 5.73 Å². The Bertz CT molecular complexity index is 1210. The Morgan fingerprint density at radius 3 is 2.26 bits per heavy atom. The van der Waals surface area contributed by atoms with E-state index in [0.29, 0.717) is 23.1 Å². The second-order valence-electron chi connectivity index (χ2n) is 7.77. The van der Waals surface area contributed by atoms with E-state index in [-0.39, 0.29) is 5.92 Å². The fraction of sp³-hybridized carbons (Fsp3) is 0.115. The summed E-state index contributed by atoms with van der Waals surface area (Å²) in [6.45, 7) is 0. The van der Waals surface area contributed by atoms with Gasteiger partial charge in [0.1, 0.15) is 11.6 Å². The van der Waals surface area contributed by atoms with Crippen LogP contribution < -0.4 is 11.1 Å². The van der Waals surface area contributed by atoms with Crippen LogP contribution in [0, 0.1) is 0 Å². The summed E-state index contributed by atoms with van der Waals surface area (Å²) in [4.78, 5) is 21.2. The molecule has 2 heterocycles. The predicted molar refractivity (Wildman–Crippen MR) is 122 cm³/mol. The minimum Gasteiger partial charge on any atom is -0.366 e. The van der Waals surface area contributed by atoms with Gasteiger partial charge in [0.25, 0.3) is 0 Å². The van der Waals surface area contributed by atoms with Crippen LogP contribution in [-0.2, 0) is 0 Å². The number of carbonyl (C=O) groups is 1. The lowest BCUT2D eigenvalue weighted by Gasteiger charge is -2.14. The van der Waals surface area contributed by atoms with Gasteiger partial charge in [-0.25, -0.2) is 9.97 Å². The number of benzene rings is 2. The summed E-state index contributed by atoms with van der Waals surface area (Å²) in [5.74, 6) is 1.43. The van der Waals surface area contributed by atoms with Crippen LogP contribution in [0.1, 0.15) is 39.7 Å². The first-order valence-electron chi connectivity index (χ1n) is 10.3. The zero-order valence-corrected chi connectivity index (χ0v) is 16.9. The zero-order chi connectivity index (χ0) is 21.2. The van der Waals surface area contributed by atoms with Gasteiger partial charge in [-0.15, -0.1) is 0 Å². The minimum atomic E-state index is -0.438.